The van der Waals surface area contributed by atoms with E-state index in [1.807, 2.05) is 0 Å². The summed E-state index contributed by atoms with van der Waals surface area (Å²) in [6.45, 7) is 6.15. The molecule has 0 unspecified atom stereocenters. The van der Waals surface area contributed by atoms with Gasteiger partial charge in [-0.15, -0.1) is 0 Å². The van der Waals surface area contributed by atoms with Crippen LogP contribution in [0.3, 0.4) is 0 Å². The molecule has 126 valence electrons. The van der Waals surface area contributed by atoms with Crippen molar-refractivity contribution in [3.05, 3.63) is 30.1 Å². The molecule has 0 spiro atoms. The van der Waals surface area contributed by atoms with Crippen LogP contribution in [0.15, 0.2) is 24.5 Å². The average Bonchev–Trinajstić information content (AvgIpc) is 2.53. The van der Waals surface area contributed by atoms with E-state index >= 15 is 0 Å². The van der Waals surface area contributed by atoms with Crippen LogP contribution >= 0.6 is 0 Å². The maximum Gasteiger partial charge on any atom is 0.344 e. The molecule has 0 amide bonds. The predicted molar refractivity (Wildman–Crippen MR) is 85.7 cm³/mol. The third-order valence-corrected chi connectivity index (χ3v) is 4.48. The number of ether oxygens (including phenoxy) is 2. The van der Waals surface area contributed by atoms with Crippen molar-refractivity contribution in [3.63, 3.8) is 0 Å². The number of hydrogen-bond acceptors (Lipinski definition) is 5. The molecule has 5 heteroatoms. The Bertz CT molecular complexity index is 529. The van der Waals surface area contributed by atoms with Crippen LogP contribution in [0.4, 0.5) is 0 Å². The van der Waals surface area contributed by atoms with Crippen molar-refractivity contribution in [1.29, 1.82) is 0 Å². The summed E-state index contributed by atoms with van der Waals surface area (Å²) in [4.78, 5) is 27.7. The summed E-state index contributed by atoms with van der Waals surface area (Å²) in [6, 6.07) is 3.09. The second-order valence-corrected chi connectivity index (χ2v) is 6.67. The highest BCUT2D eigenvalue weighted by molar-refractivity contribution is 5.90. The zero-order valence-electron chi connectivity index (χ0n) is 14.0. The summed E-state index contributed by atoms with van der Waals surface area (Å²) < 4.78 is 10.6. The number of hydrogen-bond donors (Lipinski definition) is 0. The highest BCUT2D eigenvalue weighted by Crippen LogP contribution is 2.35. The van der Waals surface area contributed by atoms with Crippen LogP contribution in [0.1, 0.15) is 50.4 Å². The minimum atomic E-state index is -0.540. The van der Waals surface area contributed by atoms with Gasteiger partial charge in [-0.3, -0.25) is 4.98 Å². The molecule has 0 N–H and O–H groups in total. The first-order valence-corrected chi connectivity index (χ1v) is 8.24. The molecule has 1 saturated carbocycles. The van der Waals surface area contributed by atoms with Crippen LogP contribution in [0.2, 0.25) is 0 Å². The molecule has 0 bridgehead atoms. The van der Waals surface area contributed by atoms with Gasteiger partial charge in [0.05, 0.1) is 5.56 Å². The molecular weight excluding hydrogens is 294 g/mol. The Morgan fingerprint density at radius 3 is 2.61 bits per heavy atom. The maximum atomic E-state index is 12.0. The molecule has 5 nitrogen and oxygen atoms in total. The first-order chi connectivity index (χ1) is 11.0. The SMILES string of the molecule is CC(C)[C@@H]1CC[C@H](C)C[C@H]1OC(=O)COC(=O)c1ccncc1. The van der Waals surface area contributed by atoms with Gasteiger partial charge >= 0.3 is 11.9 Å². The van der Waals surface area contributed by atoms with Crippen LogP contribution < -0.4 is 0 Å². The smallest absolute Gasteiger partial charge is 0.344 e. The molecule has 0 aromatic carbocycles. The van der Waals surface area contributed by atoms with Crippen molar-refractivity contribution in [2.75, 3.05) is 6.61 Å². The number of esters is 2. The van der Waals surface area contributed by atoms with Gasteiger partial charge in [0.15, 0.2) is 6.61 Å². The third kappa shape index (κ3) is 5.05. The van der Waals surface area contributed by atoms with Gasteiger partial charge in [-0.1, -0.05) is 27.2 Å². The number of pyridine rings is 1. The van der Waals surface area contributed by atoms with Gasteiger partial charge in [-0.2, -0.15) is 0 Å². The van der Waals surface area contributed by atoms with Gasteiger partial charge in [-0.05, 0) is 42.7 Å². The van der Waals surface area contributed by atoms with Crippen LogP contribution in [-0.4, -0.2) is 29.6 Å². The second kappa shape index (κ2) is 8.09. The Morgan fingerprint density at radius 1 is 1.26 bits per heavy atom. The quantitative estimate of drug-likeness (QED) is 0.780. The molecule has 1 aliphatic carbocycles. The van der Waals surface area contributed by atoms with E-state index in [2.05, 4.69) is 25.8 Å². The van der Waals surface area contributed by atoms with Crippen LogP contribution in [0, 0.1) is 17.8 Å². The number of carbonyl (C=O) groups is 2. The van der Waals surface area contributed by atoms with E-state index in [4.69, 9.17) is 9.47 Å². The summed E-state index contributed by atoms with van der Waals surface area (Å²) in [5.74, 6) is 0.395. The Morgan fingerprint density at radius 2 is 1.96 bits per heavy atom. The molecule has 1 aromatic heterocycles. The summed E-state index contributed by atoms with van der Waals surface area (Å²) in [5, 5.41) is 0. The van der Waals surface area contributed by atoms with E-state index in [1.165, 1.54) is 18.8 Å². The molecule has 1 fully saturated rings. The maximum absolute atomic E-state index is 12.0. The molecule has 2 rings (SSSR count). The molecule has 1 heterocycles. The largest absolute Gasteiger partial charge is 0.460 e. The molecule has 1 aromatic rings. The Labute approximate surface area is 137 Å². The van der Waals surface area contributed by atoms with Gasteiger partial charge in [0.1, 0.15) is 6.10 Å². The van der Waals surface area contributed by atoms with Crippen molar-refractivity contribution in [3.8, 4) is 0 Å². The normalized spacial score (nSPS) is 24.3. The lowest BCUT2D eigenvalue weighted by molar-refractivity contribution is -0.159. The predicted octanol–water partition coefficient (Wildman–Crippen LogP) is 3.24. The van der Waals surface area contributed by atoms with Gasteiger partial charge in [0.25, 0.3) is 0 Å². The average molecular weight is 319 g/mol. The minimum absolute atomic E-state index is 0.0779. The highest BCUT2D eigenvalue weighted by Gasteiger charge is 2.33. The van der Waals surface area contributed by atoms with E-state index in [9.17, 15) is 9.59 Å². The summed E-state index contributed by atoms with van der Waals surface area (Å²) >= 11 is 0. The Balaban J connectivity index is 1.84. The fourth-order valence-electron chi connectivity index (χ4n) is 3.15. The molecule has 0 saturated heterocycles. The van der Waals surface area contributed by atoms with Crippen molar-refractivity contribution >= 4 is 11.9 Å². The van der Waals surface area contributed by atoms with E-state index in [1.54, 1.807) is 12.1 Å². The van der Waals surface area contributed by atoms with Gasteiger partial charge in [0.2, 0.25) is 0 Å². The van der Waals surface area contributed by atoms with Crippen molar-refractivity contribution < 1.29 is 19.1 Å². The van der Waals surface area contributed by atoms with Crippen LogP contribution in [0.5, 0.6) is 0 Å². The van der Waals surface area contributed by atoms with Crippen molar-refractivity contribution in [2.45, 2.75) is 46.1 Å². The van der Waals surface area contributed by atoms with Crippen molar-refractivity contribution in [2.24, 2.45) is 17.8 Å². The fraction of sp³-hybridized carbons (Fsp3) is 0.611. The monoisotopic (exact) mass is 319 g/mol. The zero-order valence-corrected chi connectivity index (χ0v) is 14.0. The molecule has 23 heavy (non-hydrogen) atoms. The number of nitrogens with zero attached hydrogens (tertiary/aromatic N) is 1. The minimum Gasteiger partial charge on any atom is -0.460 e. The van der Waals surface area contributed by atoms with E-state index < -0.39 is 11.9 Å². The standard InChI is InChI=1S/C18H25NO4/c1-12(2)15-5-4-13(3)10-16(15)23-17(20)11-22-18(21)14-6-8-19-9-7-14/h6-9,12-13,15-16H,4-5,10-11H2,1-3H3/t13-,15-,16+/m0/s1. The Hall–Kier alpha value is -1.91. The number of carbonyl (C=O) groups excluding carboxylic acids is 2. The third-order valence-electron chi connectivity index (χ3n) is 4.48. The van der Waals surface area contributed by atoms with Gasteiger partial charge in [-0.25, -0.2) is 9.59 Å². The first kappa shape index (κ1) is 17.4. The molecule has 0 radical (unpaired) electrons. The number of rotatable bonds is 5. The summed E-state index contributed by atoms with van der Waals surface area (Å²) in [7, 11) is 0. The lowest BCUT2D eigenvalue weighted by Gasteiger charge is -2.36. The molecule has 3 atom stereocenters. The lowest BCUT2D eigenvalue weighted by Crippen LogP contribution is -2.36. The zero-order chi connectivity index (χ0) is 16.8. The first-order valence-electron chi connectivity index (χ1n) is 8.24. The van der Waals surface area contributed by atoms with Crippen LogP contribution in [-0.2, 0) is 14.3 Å². The lowest BCUT2D eigenvalue weighted by atomic mass is 9.75. The van der Waals surface area contributed by atoms with E-state index in [-0.39, 0.29) is 12.7 Å². The number of aromatic nitrogens is 1. The fourth-order valence-corrected chi connectivity index (χ4v) is 3.15. The van der Waals surface area contributed by atoms with E-state index in [0.717, 1.165) is 12.8 Å². The van der Waals surface area contributed by atoms with Crippen LogP contribution in [0.25, 0.3) is 0 Å². The molecule has 0 aliphatic heterocycles. The molecular formula is C18H25NO4. The van der Waals surface area contributed by atoms with Gasteiger partial charge < -0.3 is 9.47 Å². The van der Waals surface area contributed by atoms with Crippen molar-refractivity contribution in [1.82, 2.24) is 4.98 Å². The second-order valence-electron chi connectivity index (χ2n) is 6.67. The summed E-state index contributed by atoms with van der Waals surface area (Å²) in [5.41, 5.74) is 0.374. The van der Waals surface area contributed by atoms with Gasteiger partial charge in [0, 0.05) is 12.4 Å². The topological polar surface area (TPSA) is 65.5 Å². The Kier molecular flexibility index (Phi) is 6.13. The summed E-state index contributed by atoms with van der Waals surface area (Å²) in [6.07, 6.45) is 6.07. The molecule has 1 aliphatic rings. The van der Waals surface area contributed by atoms with E-state index in [0.29, 0.717) is 23.3 Å². The highest BCUT2D eigenvalue weighted by atomic mass is 16.6.